The predicted octanol–water partition coefficient (Wildman–Crippen LogP) is 4.69. The van der Waals surface area contributed by atoms with Crippen LogP contribution in [0, 0.1) is 20.8 Å². The molecule has 2 aromatic carbocycles. The summed E-state index contributed by atoms with van der Waals surface area (Å²) >= 11 is 1.50. The van der Waals surface area contributed by atoms with E-state index in [0.717, 1.165) is 15.9 Å². The van der Waals surface area contributed by atoms with Crippen molar-refractivity contribution in [1.82, 2.24) is 19.1 Å². The molecule has 0 bridgehead atoms. The first kappa shape index (κ1) is 24.1. The van der Waals surface area contributed by atoms with Crippen molar-refractivity contribution >= 4 is 43.3 Å². The lowest BCUT2D eigenvalue weighted by Gasteiger charge is -2.18. The third kappa shape index (κ3) is 4.48. The maximum atomic E-state index is 12.9. The summed E-state index contributed by atoms with van der Waals surface area (Å²) in [6, 6.07) is 11.9. The third-order valence-electron chi connectivity index (χ3n) is 5.71. The molecule has 1 amide bonds. The molecule has 10 heteroatoms. The number of hydrogen-bond acceptors (Lipinski definition) is 6. The maximum Gasteiger partial charge on any atom is 0.256 e. The van der Waals surface area contributed by atoms with Crippen LogP contribution in [0.1, 0.15) is 41.0 Å². The highest BCUT2D eigenvalue weighted by Crippen LogP contribution is 2.29. The van der Waals surface area contributed by atoms with E-state index in [-0.39, 0.29) is 10.8 Å². The van der Waals surface area contributed by atoms with Gasteiger partial charge in [0.05, 0.1) is 20.8 Å². The Morgan fingerprint density at radius 2 is 1.68 bits per heavy atom. The van der Waals surface area contributed by atoms with Gasteiger partial charge in [0.1, 0.15) is 5.82 Å². The molecule has 178 valence electrons. The predicted molar refractivity (Wildman–Crippen MR) is 135 cm³/mol. The fraction of sp³-hybridized carbons (Fsp3) is 0.292. The molecule has 2 aromatic heterocycles. The Bertz CT molecular complexity index is 1430. The van der Waals surface area contributed by atoms with Gasteiger partial charge >= 0.3 is 0 Å². The zero-order valence-electron chi connectivity index (χ0n) is 19.8. The summed E-state index contributed by atoms with van der Waals surface area (Å²) in [4.78, 5) is 17.8. The SMILES string of the molecule is CCN(CC)S(=O)(=O)c1ccc(C(=O)Nc2cc(C)nn2-c2nc3cc(C)c(C)cc3s2)cc1. The number of carbonyl (C=O) groups is 1. The standard InChI is InChI=1S/C24H27N5O3S2/c1-6-28(7-2)34(31,32)19-10-8-18(9-11-19)23(30)26-22-14-17(5)27-29(22)24-25-20-12-15(3)16(4)13-21(20)33-24/h8-14H,6-7H2,1-5H3,(H,26,30). The lowest BCUT2D eigenvalue weighted by molar-refractivity contribution is 0.102. The van der Waals surface area contributed by atoms with Crippen molar-refractivity contribution in [2.24, 2.45) is 0 Å². The van der Waals surface area contributed by atoms with Gasteiger partial charge in [0.25, 0.3) is 5.91 Å². The summed E-state index contributed by atoms with van der Waals surface area (Å²) in [5, 5.41) is 8.06. The van der Waals surface area contributed by atoms with Crippen LogP contribution in [0.5, 0.6) is 0 Å². The molecule has 2 heterocycles. The molecular weight excluding hydrogens is 470 g/mol. The van der Waals surface area contributed by atoms with Gasteiger partial charge in [0.2, 0.25) is 15.2 Å². The minimum Gasteiger partial charge on any atom is -0.306 e. The molecule has 0 unspecified atom stereocenters. The van der Waals surface area contributed by atoms with E-state index < -0.39 is 10.0 Å². The van der Waals surface area contributed by atoms with Gasteiger partial charge < -0.3 is 5.32 Å². The maximum absolute atomic E-state index is 12.9. The fourth-order valence-electron chi connectivity index (χ4n) is 3.67. The zero-order chi connectivity index (χ0) is 24.6. The highest BCUT2D eigenvalue weighted by atomic mass is 32.2. The largest absolute Gasteiger partial charge is 0.306 e. The average molecular weight is 498 g/mol. The summed E-state index contributed by atoms with van der Waals surface area (Å²) in [5.41, 5.74) is 4.33. The molecule has 8 nitrogen and oxygen atoms in total. The second-order valence-electron chi connectivity index (χ2n) is 8.05. The number of thiazole rings is 1. The van der Waals surface area contributed by atoms with Crippen LogP contribution in [0.25, 0.3) is 15.3 Å². The Balaban J connectivity index is 1.60. The quantitative estimate of drug-likeness (QED) is 0.400. The highest BCUT2D eigenvalue weighted by molar-refractivity contribution is 7.89. The number of anilines is 1. The molecule has 0 radical (unpaired) electrons. The molecule has 0 aliphatic rings. The first-order valence-corrected chi connectivity index (χ1v) is 13.3. The number of benzene rings is 2. The van der Waals surface area contributed by atoms with E-state index in [9.17, 15) is 13.2 Å². The molecule has 0 spiro atoms. The number of aryl methyl sites for hydroxylation is 3. The molecule has 34 heavy (non-hydrogen) atoms. The van der Waals surface area contributed by atoms with Crippen LogP contribution in [0.15, 0.2) is 47.4 Å². The third-order valence-corrected chi connectivity index (χ3v) is 8.76. The molecule has 0 saturated carbocycles. The number of carbonyl (C=O) groups excluding carboxylic acids is 1. The minimum atomic E-state index is -3.58. The van der Waals surface area contributed by atoms with E-state index in [1.54, 1.807) is 24.6 Å². The Hall–Kier alpha value is -3.08. The fourth-order valence-corrected chi connectivity index (χ4v) is 6.14. The van der Waals surface area contributed by atoms with E-state index in [2.05, 4.69) is 30.3 Å². The van der Waals surface area contributed by atoms with Crippen LogP contribution in [0.3, 0.4) is 0 Å². The average Bonchev–Trinajstić information content (AvgIpc) is 3.37. The molecule has 0 saturated heterocycles. The Morgan fingerprint density at radius 3 is 2.32 bits per heavy atom. The molecule has 0 aliphatic carbocycles. The number of aromatic nitrogens is 3. The number of sulfonamides is 1. The zero-order valence-corrected chi connectivity index (χ0v) is 21.4. The van der Waals surface area contributed by atoms with Gasteiger partial charge in [0.15, 0.2) is 0 Å². The summed E-state index contributed by atoms with van der Waals surface area (Å²) in [5.74, 6) is 0.135. The van der Waals surface area contributed by atoms with Crippen LogP contribution in [0.2, 0.25) is 0 Å². The second-order valence-corrected chi connectivity index (χ2v) is 11.0. The first-order chi connectivity index (χ1) is 16.1. The number of amides is 1. The van der Waals surface area contributed by atoms with Gasteiger partial charge in [-0.3, -0.25) is 4.79 Å². The van der Waals surface area contributed by atoms with E-state index in [0.29, 0.717) is 29.6 Å². The van der Waals surface area contributed by atoms with Gasteiger partial charge in [-0.05, 0) is 68.3 Å². The highest BCUT2D eigenvalue weighted by Gasteiger charge is 2.22. The van der Waals surface area contributed by atoms with Crippen molar-refractivity contribution in [1.29, 1.82) is 0 Å². The molecule has 1 N–H and O–H groups in total. The van der Waals surface area contributed by atoms with Crippen molar-refractivity contribution in [3.05, 3.63) is 64.8 Å². The van der Waals surface area contributed by atoms with E-state index in [1.165, 1.54) is 51.0 Å². The van der Waals surface area contributed by atoms with E-state index in [4.69, 9.17) is 4.98 Å². The van der Waals surface area contributed by atoms with Gasteiger partial charge in [-0.2, -0.15) is 14.1 Å². The number of nitrogens with zero attached hydrogens (tertiary/aromatic N) is 4. The van der Waals surface area contributed by atoms with Crippen LogP contribution < -0.4 is 5.32 Å². The molecule has 4 rings (SSSR count). The van der Waals surface area contributed by atoms with E-state index in [1.807, 2.05) is 13.0 Å². The van der Waals surface area contributed by atoms with Gasteiger partial charge in [0, 0.05) is 24.7 Å². The van der Waals surface area contributed by atoms with Crippen LogP contribution in [-0.2, 0) is 10.0 Å². The van der Waals surface area contributed by atoms with Crippen LogP contribution in [0.4, 0.5) is 5.82 Å². The molecule has 0 aliphatic heterocycles. The Morgan fingerprint density at radius 1 is 1.03 bits per heavy atom. The number of nitrogens with one attached hydrogen (secondary N) is 1. The Labute approximate surface area is 203 Å². The van der Waals surface area contributed by atoms with Crippen LogP contribution in [-0.4, -0.2) is 46.5 Å². The van der Waals surface area contributed by atoms with Crippen molar-refractivity contribution in [2.75, 3.05) is 18.4 Å². The monoisotopic (exact) mass is 497 g/mol. The van der Waals surface area contributed by atoms with Gasteiger partial charge in [-0.15, -0.1) is 0 Å². The summed E-state index contributed by atoms with van der Waals surface area (Å²) in [6.45, 7) is 10.3. The second kappa shape index (κ2) is 9.28. The summed E-state index contributed by atoms with van der Waals surface area (Å²) in [7, 11) is -3.58. The van der Waals surface area contributed by atoms with Crippen LogP contribution >= 0.6 is 11.3 Å². The number of rotatable bonds is 7. The van der Waals surface area contributed by atoms with E-state index >= 15 is 0 Å². The molecule has 4 aromatic rings. The summed E-state index contributed by atoms with van der Waals surface area (Å²) in [6.07, 6.45) is 0. The molecular formula is C24H27N5O3S2. The Kier molecular flexibility index (Phi) is 6.57. The van der Waals surface area contributed by atoms with Gasteiger partial charge in [-0.25, -0.2) is 13.4 Å². The number of fused-ring (bicyclic) bond motifs is 1. The van der Waals surface area contributed by atoms with Crippen molar-refractivity contribution in [3.63, 3.8) is 0 Å². The topological polar surface area (TPSA) is 97.2 Å². The first-order valence-electron chi connectivity index (χ1n) is 11.0. The van der Waals surface area contributed by atoms with Crippen molar-refractivity contribution < 1.29 is 13.2 Å². The smallest absolute Gasteiger partial charge is 0.256 e. The van der Waals surface area contributed by atoms with Gasteiger partial charge in [-0.1, -0.05) is 25.2 Å². The van der Waals surface area contributed by atoms with Crippen molar-refractivity contribution in [2.45, 2.75) is 39.5 Å². The minimum absolute atomic E-state index is 0.161. The van der Waals surface area contributed by atoms with Crippen molar-refractivity contribution in [3.8, 4) is 5.13 Å². The molecule has 0 fully saturated rings. The number of hydrogen-bond donors (Lipinski definition) is 1. The molecule has 0 atom stereocenters. The summed E-state index contributed by atoms with van der Waals surface area (Å²) < 4.78 is 29.4. The lowest BCUT2D eigenvalue weighted by Crippen LogP contribution is -2.30. The normalized spacial score (nSPS) is 11.9. The lowest BCUT2D eigenvalue weighted by atomic mass is 10.1.